The van der Waals surface area contributed by atoms with Crippen molar-refractivity contribution in [2.75, 3.05) is 0 Å². The van der Waals surface area contributed by atoms with E-state index < -0.39 is 0 Å². The fourth-order valence-electron chi connectivity index (χ4n) is 1.04. The lowest BCUT2D eigenvalue weighted by Crippen LogP contribution is -1.94. The monoisotopic (exact) mass is 208 g/mol. The maximum atomic E-state index is 2.28. The Hall–Kier alpha value is 1.05. The zero-order chi connectivity index (χ0) is 8.10. The van der Waals surface area contributed by atoms with Crippen LogP contribution in [0, 0.1) is 0 Å². The first-order valence-electron chi connectivity index (χ1n) is 4.34. The Balaban J connectivity index is 2.12. The van der Waals surface area contributed by atoms with Crippen LogP contribution in [0.15, 0.2) is 0 Å². The Morgan fingerprint density at radius 1 is 0.909 bits per heavy atom. The van der Waals surface area contributed by atoms with E-state index in [-0.39, 0.29) is 0 Å². The van der Waals surface area contributed by atoms with E-state index in [0.29, 0.717) is 0 Å². The molecule has 0 radical (unpaired) electrons. The Kier molecular flexibility index (Phi) is 5.21. The fraction of sp³-hybridized carbons (Fsp3) is 1.00. The van der Waals surface area contributed by atoms with Crippen LogP contribution in [0.3, 0.4) is 0 Å². The van der Waals surface area contributed by atoms with Gasteiger partial charge in [0, 0.05) is 0 Å². The lowest BCUT2D eigenvalue weighted by molar-refractivity contribution is 0.855. The van der Waals surface area contributed by atoms with Crippen LogP contribution in [0.2, 0.25) is 0 Å². The molecule has 0 aliphatic carbocycles. The van der Waals surface area contributed by atoms with Crippen molar-refractivity contribution in [1.29, 1.82) is 0 Å². The SMILES string of the molecule is CCCC1SSC(CCC)S1. The average Bonchev–Trinajstić information content (AvgIpc) is 2.38. The highest BCUT2D eigenvalue weighted by atomic mass is 33.1. The van der Waals surface area contributed by atoms with E-state index >= 15 is 0 Å². The minimum Gasteiger partial charge on any atom is -0.131 e. The third-order valence-electron chi connectivity index (χ3n) is 1.62. The minimum atomic E-state index is 0.890. The molecule has 1 heterocycles. The van der Waals surface area contributed by atoms with Crippen LogP contribution in [0.5, 0.6) is 0 Å². The molecule has 0 N–H and O–H groups in total. The van der Waals surface area contributed by atoms with Gasteiger partial charge in [-0.05, 0) is 12.8 Å². The van der Waals surface area contributed by atoms with Gasteiger partial charge in [-0.15, -0.1) is 11.8 Å². The maximum Gasteiger partial charge on any atom is 0.0617 e. The smallest absolute Gasteiger partial charge is 0.0617 e. The summed E-state index contributed by atoms with van der Waals surface area (Å²) in [6.45, 7) is 4.55. The predicted molar refractivity (Wildman–Crippen MR) is 60.2 cm³/mol. The summed E-state index contributed by atoms with van der Waals surface area (Å²) in [4.78, 5) is 0. The second-order valence-corrected chi connectivity index (χ2v) is 7.45. The molecule has 0 nitrogen and oxygen atoms in total. The van der Waals surface area contributed by atoms with Crippen molar-refractivity contribution < 1.29 is 0 Å². The highest BCUT2D eigenvalue weighted by Gasteiger charge is 2.25. The van der Waals surface area contributed by atoms with E-state index in [4.69, 9.17) is 0 Å². The zero-order valence-electron chi connectivity index (χ0n) is 7.21. The van der Waals surface area contributed by atoms with Crippen LogP contribution in [-0.2, 0) is 0 Å². The molecule has 0 amide bonds. The summed E-state index contributed by atoms with van der Waals surface area (Å²) in [5.74, 6) is 0. The molecule has 0 bridgehead atoms. The third kappa shape index (κ3) is 3.51. The molecule has 0 spiro atoms. The molecular formula is C8H16S3. The minimum absolute atomic E-state index is 0.890. The molecule has 0 aromatic carbocycles. The molecule has 3 heteroatoms. The first kappa shape index (κ1) is 10.1. The molecular weight excluding hydrogens is 192 g/mol. The van der Waals surface area contributed by atoms with E-state index in [9.17, 15) is 0 Å². The van der Waals surface area contributed by atoms with Gasteiger partial charge in [-0.1, -0.05) is 48.3 Å². The van der Waals surface area contributed by atoms with Crippen molar-refractivity contribution >= 4 is 33.3 Å². The topological polar surface area (TPSA) is 0 Å². The van der Waals surface area contributed by atoms with Crippen LogP contribution in [0.25, 0.3) is 0 Å². The largest absolute Gasteiger partial charge is 0.131 e. The summed E-state index contributed by atoms with van der Waals surface area (Å²) in [5.41, 5.74) is 0. The van der Waals surface area contributed by atoms with Gasteiger partial charge >= 0.3 is 0 Å². The van der Waals surface area contributed by atoms with Gasteiger partial charge in [-0.3, -0.25) is 0 Å². The molecule has 1 aliphatic heterocycles. The molecule has 0 saturated carbocycles. The van der Waals surface area contributed by atoms with E-state index in [1.807, 2.05) is 0 Å². The van der Waals surface area contributed by atoms with Crippen LogP contribution in [0.4, 0.5) is 0 Å². The molecule has 11 heavy (non-hydrogen) atoms. The van der Waals surface area contributed by atoms with Crippen molar-refractivity contribution in [2.24, 2.45) is 0 Å². The van der Waals surface area contributed by atoms with Gasteiger partial charge in [0.15, 0.2) is 0 Å². The van der Waals surface area contributed by atoms with Crippen LogP contribution >= 0.6 is 33.3 Å². The van der Waals surface area contributed by atoms with E-state index in [1.165, 1.54) is 25.7 Å². The van der Waals surface area contributed by atoms with Crippen molar-refractivity contribution in [2.45, 2.75) is 48.7 Å². The van der Waals surface area contributed by atoms with Gasteiger partial charge < -0.3 is 0 Å². The highest BCUT2D eigenvalue weighted by Crippen LogP contribution is 2.53. The Morgan fingerprint density at radius 2 is 1.36 bits per heavy atom. The predicted octanol–water partition coefficient (Wildman–Crippen LogP) is 4.37. The van der Waals surface area contributed by atoms with E-state index in [1.54, 1.807) is 0 Å². The molecule has 2 atom stereocenters. The Bertz CT molecular complexity index is 93.5. The summed E-state index contributed by atoms with van der Waals surface area (Å²) in [5, 5.41) is 0. The molecule has 2 unspecified atom stereocenters. The quantitative estimate of drug-likeness (QED) is 0.630. The van der Waals surface area contributed by atoms with Crippen molar-refractivity contribution in [3.8, 4) is 0 Å². The van der Waals surface area contributed by atoms with E-state index in [2.05, 4.69) is 47.2 Å². The average molecular weight is 208 g/mol. The summed E-state index contributed by atoms with van der Waals surface area (Å²) in [7, 11) is 4.19. The normalized spacial score (nSPS) is 31.1. The van der Waals surface area contributed by atoms with Gasteiger partial charge in [0.1, 0.15) is 0 Å². The van der Waals surface area contributed by atoms with Gasteiger partial charge in [0.2, 0.25) is 0 Å². The molecule has 0 aromatic heterocycles. The van der Waals surface area contributed by atoms with Gasteiger partial charge in [0.05, 0.1) is 9.16 Å². The summed E-state index contributed by atoms with van der Waals surface area (Å²) >= 11 is 2.19. The molecule has 1 rings (SSSR count). The summed E-state index contributed by atoms with van der Waals surface area (Å²) in [6, 6.07) is 0. The first-order valence-corrected chi connectivity index (χ1v) is 7.56. The second kappa shape index (κ2) is 5.65. The van der Waals surface area contributed by atoms with Crippen molar-refractivity contribution in [3.05, 3.63) is 0 Å². The standard InChI is InChI=1S/C8H16S3/c1-3-5-7-9-8(6-4-2)11-10-7/h7-8H,3-6H2,1-2H3. The second-order valence-electron chi connectivity index (χ2n) is 2.76. The van der Waals surface area contributed by atoms with Crippen LogP contribution in [0.1, 0.15) is 39.5 Å². The number of hydrogen-bond donors (Lipinski definition) is 0. The Labute approximate surface area is 82.1 Å². The maximum absolute atomic E-state index is 2.28. The highest BCUT2D eigenvalue weighted by molar-refractivity contribution is 8.82. The number of rotatable bonds is 4. The Morgan fingerprint density at radius 3 is 1.73 bits per heavy atom. The lowest BCUT2D eigenvalue weighted by atomic mass is 10.4. The molecule has 0 aromatic rings. The van der Waals surface area contributed by atoms with Gasteiger partial charge in [0.25, 0.3) is 0 Å². The van der Waals surface area contributed by atoms with Gasteiger partial charge in [-0.25, -0.2) is 0 Å². The van der Waals surface area contributed by atoms with Crippen molar-refractivity contribution in [3.63, 3.8) is 0 Å². The number of hydrogen-bond acceptors (Lipinski definition) is 3. The third-order valence-corrected chi connectivity index (χ3v) is 7.41. The molecule has 1 saturated heterocycles. The lowest BCUT2D eigenvalue weighted by Gasteiger charge is -2.05. The molecule has 66 valence electrons. The fourth-order valence-corrected chi connectivity index (χ4v) is 7.37. The summed E-state index contributed by atoms with van der Waals surface area (Å²) in [6.07, 6.45) is 5.46. The molecule has 1 fully saturated rings. The summed E-state index contributed by atoms with van der Waals surface area (Å²) < 4.78 is 1.78. The number of thioether (sulfide) groups is 1. The first-order chi connectivity index (χ1) is 5.36. The van der Waals surface area contributed by atoms with Crippen LogP contribution < -0.4 is 0 Å². The van der Waals surface area contributed by atoms with Crippen LogP contribution in [-0.4, -0.2) is 9.16 Å². The zero-order valence-corrected chi connectivity index (χ0v) is 9.66. The van der Waals surface area contributed by atoms with Crippen molar-refractivity contribution in [1.82, 2.24) is 0 Å². The van der Waals surface area contributed by atoms with E-state index in [0.717, 1.165) is 9.16 Å². The molecule has 1 aliphatic rings. The van der Waals surface area contributed by atoms with Gasteiger partial charge in [-0.2, -0.15) is 0 Å².